The van der Waals surface area contributed by atoms with Gasteiger partial charge in [-0.1, -0.05) is 48.6 Å². The Kier molecular flexibility index (Phi) is 3.92. The molecule has 0 N–H and O–H groups in total. The Morgan fingerprint density at radius 1 is 1.03 bits per heavy atom. The van der Waals surface area contributed by atoms with E-state index in [1.807, 2.05) is 13.2 Å². The minimum Gasteiger partial charge on any atom is -0.485 e. The summed E-state index contributed by atoms with van der Waals surface area (Å²) in [5, 5.41) is 0. The summed E-state index contributed by atoms with van der Waals surface area (Å²) in [6.45, 7) is 3.01. The highest BCUT2D eigenvalue weighted by atomic mass is 16.6. The van der Waals surface area contributed by atoms with E-state index in [-0.39, 0.29) is 22.5 Å². The molecule has 2 aromatic rings. The fraction of sp³-hybridized carbons (Fsp3) is 0.533. The van der Waals surface area contributed by atoms with Crippen molar-refractivity contribution in [2.24, 2.45) is 11.3 Å². The molecular weight excluding hydrogens is 422 g/mol. The lowest BCUT2D eigenvalue weighted by atomic mass is 9.39. The molecule has 4 bridgehead atoms. The van der Waals surface area contributed by atoms with Crippen molar-refractivity contribution in [2.75, 3.05) is 20.2 Å². The quantitative estimate of drug-likeness (QED) is 0.571. The zero-order valence-corrected chi connectivity index (χ0v) is 20.0. The van der Waals surface area contributed by atoms with Gasteiger partial charge < -0.3 is 14.2 Å². The number of ether oxygens (including phenoxy) is 3. The van der Waals surface area contributed by atoms with E-state index >= 15 is 0 Å². The second-order valence-electron chi connectivity index (χ2n) is 11.6. The standard InChI is InChI=1S/C30H33NO3/c1-32-29-13-11-28(12-14-29)24-17-22-9-10-23(33-19-21-5-3-2-4-6-21)26-25(22)30(28,27(29)34-26)15-16-31(24)18-20-7-8-20/h2-6,9-11,13,20,24,27H,7-8,12,14-19H2,1H3/t24-,27+,28-,29-,30+/m1/s1. The number of piperidine rings is 1. The lowest BCUT2D eigenvalue weighted by molar-refractivity contribution is -0.189. The van der Waals surface area contributed by atoms with Crippen molar-refractivity contribution in [3.8, 4) is 11.5 Å². The fourth-order valence-corrected chi connectivity index (χ4v) is 8.53. The predicted molar refractivity (Wildman–Crippen MR) is 130 cm³/mol. The van der Waals surface area contributed by atoms with E-state index in [2.05, 4.69) is 53.5 Å². The van der Waals surface area contributed by atoms with Crippen LogP contribution in [0.4, 0.5) is 0 Å². The molecule has 4 heteroatoms. The normalized spacial score (nSPS) is 38.5. The molecule has 0 amide bonds. The van der Waals surface area contributed by atoms with Crippen molar-refractivity contribution in [3.05, 3.63) is 71.3 Å². The minimum atomic E-state index is -0.338. The van der Waals surface area contributed by atoms with E-state index in [4.69, 9.17) is 14.2 Å². The molecule has 1 saturated heterocycles. The number of hydrogen-bond donors (Lipinski definition) is 0. The molecular formula is C30H33NO3. The van der Waals surface area contributed by atoms with Gasteiger partial charge in [-0.3, -0.25) is 4.90 Å². The summed E-state index contributed by atoms with van der Waals surface area (Å²) in [6, 6.07) is 15.5. The van der Waals surface area contributed by atoms with Gasteiger partial charge in [0.25, 0.3) is 0 Å². The molecule has 5 atom stereocenters. The molecule has 9 rings (SSSR count). The Bertz CT molecular complexity index is 1190. The van der Waals surface area contributed by atoms with Crippen LogP contribution in [0.15, 0.2) is 54.6 Å². The SMILES string of the molecule is CO[C@]12C=C[C@@]3(CC1)[C@H]1Cc4ccc(OCc5ccccc5)c5c4[C@@]3(CCN1CC1CC1)[C@H]2O5. The topological polar surface area (TPSA) is 30.9 Å². The van der Waals surface area contributed by atoms with Crippen LogP contribution in [0.5, 0.6) is 11.5 Å². The molecule has 2 aliphatic heterocycles. The summed E-state index contributed by atoms with van der Waals surface area (Å²) in [5.74, 6) is 2.82. The van der Waals surface area contributed by atoms with Crippen LogP contribution in [0.25, 0.3) is 0 Å². The first kappa shape index (κ1) is 19.9. The van der Waals surface area contributed by atoms with Crippen LogP contribution in [0.3, 0.4) is 0 Å². The third-order valence-corrected chi connectivity index (χ3v) is 10.3. The van der Waals surface area contributed by atoms with Gasteiger partial charge in [0.2, 0.25) is 0 Å². The van der Waals surface area contributed by atoms with Crippen molar-refractivity contribution in [1.29, 1.82) is 0 Å². The molecule has 4 nitrogen and oxygen atoms in total. The van der Waals surface area contributed by atoms with Crippen molar-refractivity contribution in [1.82, 2.24) is 4.90 Å². The number of nitrogens with zero attached hydrogens (tertiary/aromatic N) is 1. The van der Waals surface area contributed by atoms with Gasteiger partial charge in [-0.05, 0) is 68.2 Å². The Balaban J connectivity index is 1.27. The molecule has 7 aliphatic rings. The van der Waals surface area contributed by atoms with E-state index in [1.165, 1.54) is 49.0 Å². The van der Waals surface area contributed by atoms with Crippen LogP contribution in [-0.4, -0.2) is 42.8 Å². The highest BCUT2D eigenvalue weighted by Crippen LogP contribution is 2.73. The largest absolute Gasteiger partial charge is 0.485 e. The third-order valence-electron chi connectivity index (χ3n) is 10.3. The smallest absolute Gasteiger partial charge is 0.166 e. The van der Waals surface area contributed by atoms with Gasteiger partial charge in [-0.25, -0.2) is 0 Å². The van der Waals surface area contributed by atoms with E-state index in [9.17, 15) is 0 Å². The Morgan fingerprint density at radius 3 is 2.68 bits per heavy atom. The fourth-order valence-electron chi connectivity index (χ4n) is 8.53. The van der Waals surface area contributed by atoms with Gasteiger partial charge in [0.1, 0.15) is 18.3 Å². The molecule has 2 heterocycles. The summed E-state index contributed by atoms with van der Waals surface area (Å²) in [5.41, 5.74) is 3.91. The maximum Gasteiger partial charge on any atom is 0.166 e. The first-order valence-corrected chi connectivity index (χ1v) is 13.2. The van der Waals surface area contributed by atoms with Crippen molar-refractivity contribution >= 4 is 0 Å². The summed E-state index contributed by atoms with van der Waals surface area (Å²) < 4.78 is 19.8. The Hall–Kier alpha value is -2.30. The second kappa shape index (κ2) is 6.67. The van der Waals surface area contributed by atoms with E-state index < -0.39 is 0 Å². The zero-order chi connectivity index (χ0) is 22.5. The van der Waals surface area contributed by atoms with Gasteiger partial charge >= 0.3 is 0 Å². The first-order chi connectivity index (χ1) is 16.7. The van der Waals surface area contributed by atoms with Gasteiger partial charge in [-0.2, -0.15) is 0 Å². The molecule has 3 fully saturated rings. The number of fused-ring (bicyclic) bond motifs is 1. The predicted octanol–water partition coefficient (Wildman–Crippen LogP) is 5.04. The van der Waals surface area contributed by atoms with Gasteiger partial charge in [-0.15, -0.1) is 0 Å². The molecule has 176 valence electrons. The van der Waals surface area contributed by atoms with Gasteiger partial charge in [0.05, 0.1) is 5.41 Å². The third kappa shape index (κ3) is 2.32. The lowest BCUT2D eigenvalue weighted by Gasteiger charge is -2.69. The molecule has 0 unspecified atom stereocenters. The molecule has 2 aromatic carbocycles. The Labute approximate surface area is 201 Å². The number of rotatable bonds is 6. The molecule has 5 aliphatic carbocycles. The van der Waals surface area contributed by atoms with Crippen molar-refractivity contribution in [2.45, 2.75) is 68.3 Å². The minimum absolute atomic E-state index is 0.00421. The monoisotopic (exact) mass is 455 g/mol. The number of methoxy groups -OCH3 is 1. The highest BCUT2D eigenvalue weighted by Gasteiger charge is 2.77. The van der Waals surface area contributed by atoms with E-state index in [0.717, 1.165) is 36.7 Å². The number of hydrogen-bond acceptors (Lipinski definition) is 4. The highest BCUT2D eigenvalue weighted by molar-refractivity contribution is 5.65. The van der Waals surface area contributed by atoms with Crippen LogP contribution in [-0.2, 0) is 23.2 Å². The van der Waals surface area contributed by atoms with Crippen molar-refractivity contribution < 1.29 is 14.2 Å². The number of benzene rings is 2. The van der Waals surface area contributed by atoms with E-state index in [0.29, 0.717) is 12.6 Å². The summed E-state index contributed by atoms with van der Waals surface area (Å²) in [6.07, 6.45) is 12.3. The Morgan fingerprint density at radius 2 is 1.91 bits per heavy atom. The summed E-state index contributed by atoms with van der Waals surface area (Å²) in [4.78, 5) is 2.86. The van der Waals surface area contributed by atoms with Gasteiger partial charge in [0.15, 0.2) is 11.5 Å². The zero-order valence-electron chi connectivity index (χ0n) is 20.0. The number of likely N-dealkylation sites (tertiary alicyclic amines) is 1. The molecule has 34 heavy (non-hydrogen) atoms. The maximum atomic E-state index is 7.03. The summed E-state index contributed by atoms with van der Waals surface area (Å²) in [7, 11) is 1.88. The van der Waals surface area contributed by atoms with Crippen LogP contribution in [0, 0.1) is 11.3 Å². The average molecular weight is 456 g/mol. The van der Waals surface area contributed by atoms with Crippen molar-refractivity contribution in [3.63, 3.8) is 0 Å². The van der Waals surface area contributed by atoms with E-state index in [1.54, 1.807) is 0 Å². The average Bonchev–Trinajstić information content (AvgIpc) is 3.62. The van der Waals surface area contributed by atoms with Crippen LogP contribution in [0.2, 0.25) is 0 Å². The maximum absolute atomic E-state index is 7.03. The van der Waals surface area contributed by atoms with Crippen LogP contribution < -0.4 is 9.47 Å². The lowest BCUT2D eigenvalue weighted by Crippen LogP contribution is -2.77. The second-order valence-corrected chi connectivity index (χ2v) is 11.6. The van der Waals surface area contributed by atoms with Gasteiger partial charge in [0, 0.05) is 30.7 Å². The van der Waals surface area contributed by atoms with Crippen LogP contribution >= 0.6 is 0 Å². The van der Waals surface area contributed by atoms with Crippen LogP contribution in [0.1, 0.15) is 48.8 Å². The molecule has 0 radical (unpaired) electrons. The first-order valence-electron chi connectivity index (χ1n) is 13.2. The summed E-state index contributed by atoms with van der Waals surface area (Å²) >= 11 is 0. The molecule has 2 spiro atoms. The molecule has 2 saturated carbocycles. The molecule has 0 aromatic heterocycles.